The van der Waals surface area contributed by atoms with Crippen molar-refractivity contribution in [3.05, 3.63) is 41.9 Å². The first kappa shape index (κ1) is 16.9. The molecule has 0 bridgehead atoms. The number of ether oxygens (including phenoxy) is 1. The van der Waals surface area contributed by atoms with E-state index in [0.29, 0.717) is 31.2 Å². The number of aryl methyl sites for hydroxylation is 2. The normalized spacial score (nSPS) is 19.4. The highest BCUT2D eigenvalue weighted by Gasteiger charge is 2.37. The Morgan fingerprint density at radius 3 is 2.75 bits per heavy atom. The molecule has 1 aromatic heterocycles. The van der Waals surface area contributed by atoms with E-state index in [-0.39, 0.29) is 11.1 Å². The van der Waals surface area contributed by atoms with Gasteiger partial charge in [0.15, 0.2) is 5.03 Å². The molecule has 3 rings (SSSR count). The van der Waals surface area contributed by atoms with Gasteiger partial charge >= 0.3 is 0 Å². The minimum Gasteiger partial charge on any atom is -0.496 e. The number of nitrogens with one attached hydrogen (secondary N) is 1. The number of sulfonamides is 1. The van der Waals surface area contributed by atoms with Gasteiger partial charge in [0.25, 0.3) is 10.0 Å². The second-order valence-electron chi connectivity index (χ2n) is 5.81. The number of para-hydroxylation sites is 1. The minimum absolute atomic E-state index is 0.0873. The lowest BCUT2D eigenvalue weighted by Crippen LogP contribution is -2.48. The van der Waals surface area contributed by atoms with Crippen molar-refractivity contribution >= 4 is 10.0 Å². The number of nitrogens with zero attached hydrogens (tertiary/aromatic N) is 3. The first-order valence-corrected chi connectivity index (χ1v) is 9.24. The van der Waals surface area contributed by atoms with E-state index in [1.807, 2.05) is 24.3 Å². The number of hydrogen-bond donors (Lipinski definition) is 1. The second kappa shape index (κ2) is 6.54. The van der Waals surface area contributed by atoms with Crippen LogP contribution in [0.4, 0.5) is 0 Å². The Labute approximate surface area is 142 Å². The average Bonchev–Trinajstić information content (AvgIpc) is 2.94. The molecule has 1 fully saturated rings. The highest BCUT2D eigenvalue weighted by molar-refractivity contribution is 7.89. The Morgan fingerprint density at radius 2 is 2.08 bits per heavy atom. The molecule has 1 aliphatic heterocycles. The van der Waals surface area contributed by atoms with Crippen molar-refractivity contribution in [3.63, 3.8) is 0 Å². The molecule has 1 N–H and O–H groups in total. The monoisotopic (exact) mass is 350 g/mol. The summed E-state index contributed by atoms with van der Waals surface area (Å²) in [6.45, 7) is 3.32. The van der Waals surface area contributed by atoms with E-state index in [2.05, 4.69) is 10.3 Å². The van der Waals surface area contributed by atoms with E-state index in [9.17, 15) is 8.42 Å². The third-order valence-corrected chi connectivity index (χ3v) is 6.13. The maximum absolute atomic E-state index is 13.1. The summed E-state index contributed by atoms with van der Waals surface area (Å²) in [5.41, 5.74) is 0.850. The van der Waals surface area contributed by atoms with Crippen LogP contribution >= 0.6 is 0 Å². The summed E-state index contributed by atoms with van der Waals surface area (Å²) in [6.07, 6.45) is 1.56. The third kappa shape index (κ3) is 2.92. The third-order valence-electron chi connectivity index (χ3n) is 4.35. The Hall–Kier alpha value is -1.90. The van der Waals surface area contributed by atoms with Crippen LogP contribution < -0.4 is 10.1 Å². The summed E-state index contributed by atoms with van der Waals surface area (Å²) in [7, 11) is -0.298. The van der Waals surface area contributed by atoms with Gasteiger partial charge in [-0.1, -0.05) is 18.2 Å². The standard InChI is InChI=1S/C16H22N4O3S/c1-12-18-16(11-19(12)2)24(21,22)20-9-8-17-10-14(20)13-6-4-5-7-15(13)23-3/h4-7,11,14,17H,8-10H2,1-3H3. The number of imidazole rings is 1. The Kier molecular flexibility index (Phi) is 4.62. The lowest BCUT2D eigenvalue weighted by Gasteiger charge is -2.35. The van der Waals surface area contributed by atoms with E-state index >= 15 is 0 Å². The summed E-state index contributed by atoms with van der Waals surface area (Å²) in [6, 6.07) is 7.19. The number of benzene rings is 1. The molecule has 0 radical (unpaired) electrons. The molecule has 1 aromatic carbocycles. The molecule has 1 saturated heterocycles. The van der Waals surface area contributed by atoms with Crippen molar-refractivity contribution in [2.45, 2.75) is 18.0 Å². The van der Waals surface area contributed by atoms with Gasteiger partial charge in [-0.05, 0) is 13.0 Å². The van der Waals surface area contributed by atoms with Gasteiger partial charge in [-0.25, -0.2) is 13.4 Å². The molecule has 0 amide bonds. The summed E-state index contributed by atoms with van der Waals surface area (Å²) >= 11 is 0. The van der Waals surface area contributed by atoms with Crippen LogP contribution in [0.1, 0.15) is 17.4 Å². The van der Waals surface area contributed by atoms with E-state index in [1.54, 1.807) is 31.8 Å². The fraction of sp³-hybridized carbons (Fsp3) is 0.438. The van der Waals surface area contributed by atoms with Gasteiger partial charge in [0.1, 0.15) is 11.6 Å². The van der Waals surface area contributed by atoms with E-state index in [1.165, 1.54) is 4.31 Å². The van der Waals surface area contributed by atoms with Crippen molar-refractivity contribution in [2.75, 3.05) is 26.7 Å². The number of methoxy groups -OCH3 is 1. The SMILES string of the molecule is COc1ccccc1C1CNCCN1S(=O)(=O)c1cn(C)c(C)n1. The van der Waals surface area contributed by atoms with E-state index < -0.39 is 10.0 Å². The number of rotatable bonds is 4. The molecule has 1 unspecified atom stereocenters. The lowest BCUT2D eigenvalue weighted by atomic mass is 10.0. The van der Waals surface area contributed by atoms with Crippen LogP contribution in [0.15, 0.2) is 35.5 Å². The largest absolute Gasteiger partial charge is 0.496 e. The molecule has 130 valence electrons. The smallest absolute Gasteiger partial charge is 0.262 e. The highest BCUT2D eigenvalue weighted by atomic mass is 32.2. The van der Waals surface area contributed by atoms with E-state index in [0.717, 1.165) is 5.56 Å². The molecule has 0 saturated carbocycles. The number of piperazine rings is 1. The molecule has 0 spiro atoms. The summed E-state index contributed by atoms with van der Waals surface area (Å²) in [5.74, 6) is 1.35. The van der Waals surface area contributed by atoms with Gasteiger partial charge in [0, 0.05) is 38.4 Å². The first-order valence-electron chi connectivity index (χ1n) is 7.80. The van der Waals surface area contributed by atoms with Gasteiger partial charge in [0.2, 0.25) is 0 Å². The fourth-order valence-electron chi connectivity index (χ4n) is 2.95. The molecular weight excluding hydrogens is 328 g/mol. The van der Waals surface area contributed by atoms with Crippen LogP contribution in [0.3, 0.4) is 0 Å². The molecule has 1 aliphatic rings. The lowest BCUT2D eigenvalue weighted by molar-refractivity contribution is 0.264. The molecule has 24 heavy (non-hydrogen) atoms. The Bertz CT molecular complexity index is 812. The van der Waals surface area contributed by atoms with Gasteiger partial charge in [-0.2, -0.15) is 4.31 Å². The fourth-order valence-corrected chi connectivity index (χ4v) is 4.58. The maximum Gasteiger partial charge on any atom is 0.262 e. The van der Waals surface area contributed by atoms with Crippen molar-refractivity contribution in [2.24, 2.45) is 7.05 Å². The van der Waals surface area contributed by atoms with Crippen LogP contribution in [0.5, 0.6) is 5.75 Å². The quantitative estimate of drug-likeness (QED) is 0.893. The molecule has 1 atom stereocenters. The Balaban J connectivity index is 2.03. The molecule has 8 heteroatoms. The molecule has 2 aromatic rings. The first-order chi connectivity index (χ1) is 11.4. The molecule has 0 aliphatic carbocycles. The summed E-state index contributed by atoms with van der Waals surface area (Å²) in [5, 5.41) is 3.35. The van der Waals surface area contributed by atoms with Crippen LogP contribution in [-0.4, -0.2) is 49.0 Å². The molecule has 7 nitrogen and oxygen atoms in total. The minimum atomic E-state index is -3.68. The number of hydrogen-bond acceptors (Lipinski definition) is 5. The van der Waals surface area contributed by atoms with Crippen molar-refractivity contribution in [1.82, 2.24) is 19.2 Å². The predicted octanol–water partition coefficient (Wildman–Crippen LogP) is 1.07. The molecular formula is C16H22N4O3S. The summed E-state index contributed by atoms with van der Waals surface area (Å²) < 4.78 is 34.9. The highest BCUT2D eigenvalue weighted by Crippen LogP contribution is 2.33. The average molecular weight is 350 g/mol. The van der Waals surface area contributed by atoms with Crippen LogP contribution in [0.2, 0.25) is 0 Å². The molecule has 2 heterocycles. The Morgan fingerprint density at radius 1 is 1.33 bits per heavy atom. The van der Waals surface area contributed by atoms with Crippen LogP contribution in [-0.2, 0) is 17.1 Å². The summed E-state index contributed by atoms with van der Waals surface area (Å²) in [4.78, 5) is 4.21. The van der Waals surface area contributed by atoms with Gasteiger partial charge < -0.3 is 14.6 Å². The van der Waals surface area contributed by atoms with Gasteiger partial charge in [-0.15, -0.1) is 0 Å². The second-order valence-corrected chi connectivity index (χ2v) is 7.65. The zero-order chi connectivity index (χ0) is 17.3. The van der Waals surface area contributed by atoms with Crippen molar-refractivity contribution < 1.29 is 13.2 Å². The predicted molar refractivity (Wildman–Crippen MR) is 90.4 cm³/mol. The zero-order valence-electron chi connectivity index (χ0n) is 14.1. The maximum atomic E-state index is 13.1. The van der Waals surface area contributed by atoms with E-state index in [4.69, 9.17) is 4.74 Å². The van der Waals surface area contributed by atoms with Crippen LogP contribution in [0.25, 0.3) is 0 Å². The van der Waals surface area contributed by atoms with Gasteiger partial charge in [0.05, 0.1) is 13.2 Å². The topological polar surface area (TPSA) is 76.5 Å². The van der Waals surface area contributed by atoms with Crippen molar-refractivity contribution in [1.29, 1.82) is 0 Å². The van der Waals surface area contributed by atoms with Crippen molar-refractivity contribution in [3.8, 4) is 5.75 Å². The van der Waals surface area contributed by atoms with Gasteiger partial charge in [-0.3, -0.25) is 0 Å². The number of aromatic nitrogens is 2. The zero-order valence-corrected chi connectivity index (χ0v) is 14.9. The van der Waals surface area contributed by atoms with Crippen LogP contribution in [0, 0.1) is 6.92 Å².